The fourth-order valence-corrected chi connectivity index (χ4v) is 1.30. The fraction of sp³-hybridized carbons (Fsp3) is 0.909. The Balaban J connectivity index is 0.000000293. The lowest BCUT2D eigenvalue weighted by Crippen LogP contribution is -2.17. The number of methoxy groups -OCH3 is 1. The van der Waals surface area contributed by atoms with E-state index in [1.54, 1.807) is 7.11 Å². The number of nitrogens with zero attached hydrogens (tertiary/aromatic N) is 1. The first-order valence-electron chi connectivity index (χ1n) is 5.40. The van der Waals surface area contributed by atoms with E-state index in [-0.39, 0.29) is 5.60 Å². The zero-order valence-corrected chi connectivity index (χ0v) is 10.5. The zero-order valence-electron chi connectivity index (χ0n) is 10.5. The largest absolute Gasteiger partial charge is 0.462 e. The Bertz CT molecular complexity index is 192. The molecule has 4 nitrogen and oxygen atoms in total. The molecule has 1 saturated heterocycles. The molecule has 0 saturated carbocycles. The highest BCUT2D eigenvalue weighted by Crippen LogP contribution is 2.15. The zero-order chi connectivity index (χ0) is 12.6. The summed E-state index contributed by atoms with van der Waals surface area (Å²) in [5.74, 6) is 0.417. The lowest BCUT2D eigenvalue weighted by Gasteiger charge is -2.14. The van der Waals surface area contributed by atoms with Crippen LogP contribution in [0, 0.1) is 5.92 Å². The van der Waals surface area contributed by atoms with Crippen molar-refractivity contribution in [3.8, 4) is 0 Å². The van der Waals surface area contributed by atoms with Crippen molar-refractivity contribution in [1.82, 2.24) is 5.12 Å². The molecule has 1 heterocycles. The van der Waals surface area contributed by atoms with Gasteiger partial charge in [0, 0.05) is 20.2 Å². The smallest absolute Gasteiger partial charge is 0.293 e. The van der Waals surface area contributed by atoms with Gasteiger partial charge < -0.3 is 9.47 Å². The summed E-state index contributed by atoms with van der Waals surface area (Å²) in [5.41, 5.74) is -0.318. The Kier molecular flexibility index (Phi) is 7.25. The van der Waals surface area contributed by atoms with Crippen molar-refractivity contribution in [1.29, 1.82) is 0 Å². The summed E-state index contributed by atoms with van der Waals surface area (Å²) in [6.07, 6.45) is 0.935. The van der Waals surface area contributed by atoms with Crippen molar-refractivity contribution in [3.05, 3.63) is 0 Å². The standard InChI is InChI=1S/C6H12FNO.C5H10O2/c1-9-5-6-2-3-8(7)4-6;1-5(2,3)7-4-6/h6H,2-5H2,1H3;4H,1-3H3. The number of carbonyl (C=O) groups excluding carboxylic acids is 1. The average Bonchev–Trinajstić information content (AvgIpc) is 2.51. The molecule has 0 aliphatic carbocycles. The molecule has 1 atom stereocenters. The van der Waals surface area contributed by atoms with Crippen LogP contribution in [0.3, 0.4) is 0 Å². The fourth-order valence-electron chi connectivity index (χ4n) is 1.30. The van der Waals surface area contributed by atoms with E-state index in [0.717, 1.165) is 11.5 Å². The number of rotatable bonds is 3. The Hall–Kier alpha value is -0.680. The Morgan fingerprint density at radius 2 is 2.12 bits per heavy atom. The summed E-state index contributed by atoms with van der Waals surface area (Å²) < 4.78 is 21.7. The van der Waals surface area contributed by atoms with Gasteiger partial charge in [0.1, 0.15) is 5.60 Å². The minimum Gasteiger partial charge on any atom is -0.462 e. The molecule has 0 aromatic heterocycles. The molecular weight excluding hydrogens is 213 g/mol. The second-order valence-electron chi connectivity index (χ2n) is 4.81. The van der Waals surface area contributed by atoms with Crippen molar-refractivity contribution in [2.24, 2.45) is 5.92 Å². The number of carbonyl (C=O) groups is 1. The molecule has 16 heavy (non-hydrogen) atoms. The highest BCUT2D eigenvalue weighted by Gasteiger charge is 2.21. The van der Waals surface area contributed by atoms with Crippen molar-refractivity contribution in [3.63, 3.8) is 0 Å². The van der Waals surface area contributed by atoms with Gasteiger partial charge in [0.05, 0.1) is 6.61 Å². The summed E-state index contributed by atoms with van der Waals surface area (Å²) in [6, 6.07) is 0. The maximum absolute atomic E-state index is 12.3. The molecule has 0 N–H and O–H groups in total. The van der Waals surface area contributed by atoms with Crippen LogP contribution in [0.2, 0.25) is 0 Å². The summed E-state index contributed by atoms with van der Waals surface area (Å²) in [4.78, 5) is 9.60. The highest BCUT2D eigenvalue weighted by atomic mass is 19.2. The number of hydrogen-bond donors (Lipinski definition) is 0. The molecule has 0 aromatic rings. The Labute approximate surface area is 96.6 Å². The molecule has 1 rings (SSSR count). The van der Waals surface area contributed by atoms with Gasteiger partial charge in [-0.25, -0.2) is 0 Å². The second kappa shape index (κ2) is 7.57. The lowest BCUT2D eigenvalue weighted by molar-refractivity contribution is -0.138. The number of halogens is 1. The third-order valence-electron chi connectivity index (χ3n) is 2.04. The quantitative estimate of drug-likeness (QED) is 0.552. The summed E-state index contributed by atoms with van der Waals surface area (Å²) >= 11 is 0. The van der Waals surface area contributed by atoms with Crippen LogP contribution in [-0.4, -0.2) is 44.0 Å². The third kappa shape index (κ3) is 8.61. The summed E-state index contributed by atoms with van der Waals surface area (Å²) in [6.45, 7) is 7.74. The van der Waals surface area contributed by atoms with Crippen LogP contribution in [0.15, 0.2) is 0 Å². The summed E-state index contributed by atoms with van der Waals surface area (Å²) in [7, 11) is 1.65. The van der Waals surface area contributed by atoms with Crippen molar-refractivity contribution in [2.75, 3.05) is 26.8 Å². The summed E-state index contributed by atoms with van der Waals surface area (Å²) in [5, 5.41) is 0.851. The minimum atomic E-state index is -0.318. The molecule has 0 amide bonds. The van der Waals surface area contributed by atoms with Gasteiger partial charge in [-0.15, -0.1) is 9.60 Å². The maximum Gasteiger partial charge on any atom is 0.293 e. The monoisotopic (exact) mass is 235 g/mol. The van der Waals surface area contributed by atoms with E-state index in [1.807, 2.05) is 20.8 Å². The molecule has 0 radical (unpaired) electrons. The van der Waals surface area contributed by atoms with Crippen molar-refractivity contribution < 1.29 is 18.7 Å². The van der Waals surface area contributed by atoms with Crippen molar-refractivity contribution >= 4 is 6.47 Å². The SMILES string of the molecule is CC(C)(C)OC=O.COCC1CCN(F)C1. The molecule has 5 heteroatoms. The van der Waals surface area contributed by atoms with Gasteiger partial charge in [-0.1, -0.05) is 0 Å². The van der Waals surface area contributed by atoms with Gasteiger partial charge >= 0.3 is 0 Å². The van der Waals surface area contributed by atoms with Crippen LogP contribution in [0.5, 0.6) is 0 Å². The van der Waals surface area contributed by atoms with Gasteiger partial charge in [-0.2, -0.15) is 0 Å². The molecule has 0 aromatic carbocycles. The van der Waals surface area contributed by atoms with Crippen LogP contribution < -0.4 is 0 Å². The van der Waals surface area contributed by atoms with Crippen LogP contribution in [0.25, 0.3) is 0 Å². The Morgan fingerprint density at radius 1 is 1.50 bits per heavy atom. The third-order valence-corrected chi connectivity index (χ3v) is 2.04. The van der Waals surface area contributed by atoms with Crippen LogP contribution in [0.1, 0.15) is 27.2 Å². The van der Waals surface area contributed by atoms with Gasteiger partial charge in [0.25, 0.3) is 6.47 Å². The average molecular weight is 235 g/mol. The van der Waals surface area contributed by atoms with Crippen LogP contribution >= 0.6 is 0 Å². The first kappa shape index (κ1) is 15.3. The predicted molar refractivity (Wildman–Crippen MR) is 59.6 cm³/mol. The van der Waals surface area contributed by atoms with E-state index < -0.39 is 0 Å². The molecular formula is C11H22FNO3. The Morgan fingerprint density at radius 3 is 2.38 bits per heavy atom. The van der Waals surface area contributed by atoms with E-state index >= 15 is 0 Å². The van der Waals surface area contributed by atoms with Gasteiger partial charge in [-0.3, -0.25) is 4.79 Å². The number of hydrogen-bond acceptors (Lipinski definition) is 4. The number of ether oxygens (including phenoxy) is 2. The normalized spacial score (nSPS) is 21.2. The molecule has 1 aliphatic heterocycles. The van der Waals surface area contributed by atoms with E-state index in [1.165, 1.54) is 0 Å². The van der Waals surface area contributed by atoms with E-state index in [2.05, 4.69) is 4.74 Å². The topological polar surface area (TPSA) is 38.8 Å². The molecule has 96 valence electrons. The highest BCUT2D eigenvalue weighted by molar-refractivity contribution is 5.37. The lowest BCUT2D eigenvalue weighted by atomic mass is 10.1. The molecule has 1 fully saturated rings. The predicted octanol–water partition coefficient (Wildman–Crippen LogP) is 1.80. The molecule has 0 bridgehead atoms. The van der Waals surface area contributed by atoms with Gasteiger partial charge in [-0.05, 0) is 33.1 Å². The first-order chi connectivity index (χ1) is 7.39. The molecule has 1 unspecified atom stereocenters. The molecule has 1 aliphatic rings. The molecule has 0 spiro atoms. The van der Waals surface area contributed by atoms with Gasteiger partial charge in [0.15, 0.2) is 0 Å². The van der Waals surface area contributed by atoms with Gasteiger partial charge in [0.2, 0.25) is 0 Å². The van der Waals surface area contributed by atoms with Crippen LogP contribution in [0.4, 0.5) is 4.48 Å². The van der Waals surface area contributed by atoms with Crippen molar-refractivity contribution in [2.45, 2.75) is 32.8 Å². The van der Waals surface area contributed by atoms with E-state index in [4.69, 9.17) is 4.74 Å². The van der Waals surface area contributed by atoms with E-state index in [0.29, 0.717) is 32.1 Å². The van der Waals surface area contributed by atoms with E-state index in [9.17, 15) is 9.28 Å². The first-order valence-corrected chi connectivity index (χ1v) is 5.40. The van der Waals surface area contributed by atoms with Crippen LogP contribution in [-0.2, 0) is 14.3 Å². The second-order valence-corrected chi connectivity index (χ2v) is 4.81. The maximum atomic E-state index is 12.3. The minimum absolute atomic E-state index is 0.318.